The van der Waals surface area contributed by atoms with Gasteiger partial charge in [0, 0.05) is 61.6 Å². The van der Waals surface area contributed by atoms with E-state index in [1.807, 2.05) is 60.4 Å². The van der Waals surface area contributed by atoms with Crippen molar-refractivity contribution in [2.24, 2.45) is 0 Å². The summed E-state index contributed by atoms with van der Waals surface area (Å²) in [5.41, 5.74) is 2.24. The smallest absolute Gasteiger partial charge is 0.253 e. The Labute approximate surface area is 199 Å². The molecule has 1 aliphatic heterocycles. The second-order valence-corrected chi connectivity index (χ2v) is 8.74. The molecule has 0 bridgehead atoms. The molecular formula is C26H30N6O2. The summed E-state index contributed by atoms with van der Waals surface area (Å²) in [4.78, 5) is 39.7. The number of carbonyl (C=O) groups is 2. The minimum Gasteiger partial charge on any atom is -0.350 e. The fraction of sp³-hybridized carbons (Fsp3) is 0.308. The summed E-state index contributed by atoms with van der Waals surface area (Å²) < 4.78 is 0. The van der Waals surface area contributed by atoms with Gasteiger partial charge in [-0.15, -0.1) is 0 Å². The van der Waals surface area contributed by atoms with E-state index in [0.717, 1.165) is 23.0 Å². The molecule has 2 aromatic carbocycles. The number of carbonyl (C=O) groups excluding carboxylic acids is 2. The van der Waals surface area contributed by atoms with E-state index >= 15 is 0 Å². The predicted octanol–water partition coefficient (Wildman–Crippen LogP) is 3.04. The molecule has 0 aliphatic carbocycles. The molecule has 1 atom stereocenters. The lowest BCUT2D eigenvalue weighted by Crippen LogP contribution is -2.32. The van der Waals surface area contributed by atoms with Crippen LogP contribution in [-0.4, -0.2) is 78.4 Å². The van der Waals surface area contributed by atoms with E-state index in [1.165, 1.54) is 0 Å². The van der Waals surface area contributed by atoms with E-state index in [9.17, 15) is 9.59 Å². The van der Waals surface area contributed by atoms with Gasteiger partial charge in [-0.05, 0) is 50.8 Å². The Hall–Kier alpha value is -3.78. The van der Waals surface area contributed by atoms with Crippen LogP contribution in [0.25, 0.3) is 10.9 Å². The number of likely N-dealkylation sites (tertiary alicyclic amines) is 1. The van der Waals surface area contributed by atoms with Crippen molar-refractivity contribution in [1.29, 1.82) is 0 Å². The first-order chi connectivity index (χ1) is 16.4. The third-order valence-corrected chi connectivity index (χ3v) is 5.86. The number of benzene rings is 2. The average Bonchev–Trinajstić information content (AvgIpc) is 3.31. The molecule has 2 amide bonds. The lowest BCUT2D eigenvalue weighted by atomic mass is 10.1. The Morgan fingerprint density at radius 2 is 1.88 bits per heavy atom. The molecule has 0 saturated carbocycles. The highest BCUT2D eigenvalue weighted by Crippen LogP contribution is 2.20. The van der Waals surface area contributed by atoms with Crippen molar-refractivity contribution in [3.05, 3.63) is 72.4 Å². The number of rotatable bonds is 7. The van der Waals surface area contributed by atoms with Gasteiger partial charge in [0.1, 0.15) is 0 Å². The van der Waals surface area contributed by atoms with E-state index in [-0.39, 0.29) is 17.9 Å². The first-order valence-corrected chi connectivity index (χ1v) is 11.4. The first-order valence-electron chi connectivity index (χ1n) is 11.4. The van der Waals surface area contributed by atoms with E-state index < -0.39 is 0 Å². The van der Waals surface area contributed by atoms with E-state index in [1.54, 1.807) is 42.3 Å². The highest BCUT2D eigenvalue weighted by molar-refractivity contribution is 6.01. The Kier molecular flexibility index (Phi) is 7.18. The zero-order valence-electron chi connectivity index (χ0n) is 19.8. The molecule has 3 aromatic rings. The molecule has 176 valence electrons. The normalized spacial score (nSPS) is 15.9. The van der Waals surface area contributed by atoms with Gasteiger partial charge in [-0.25, -0.2) is 9.97 Å². The van der Waals surface area contributed by atoms with Gasteiger partial charge in [-0.2, -0.15) is 0 Å². The van der Waals surface area contributed by atoms with Crippen molar-refractivity contribution >= 4 is 34.4 Å². The van der Waals surface area contributed by atoms with Crippen LogP contribution < -0.4 is 10.2 Å². The number of amides is 2. The third kappa shape index (κ3) is 5.58. The molecule has 1 aliphatic rings. The standard InChI is InChI=1S/C26H30N6O2/c1-30(2)15-6-9-24(33)31(3)22-12-10-19(11-13-22)25(34)32-16-14-21(18-32)28-26-27-17-20-7-4-5-8-23(20)29-26/h4-13,17,21H,14-16,18H2,1-3H3,(H,27,28,29)/b9-6+/t21-/m1/s1. The van der Waals surface area contributed by atoms with Crippen molar-refractivity contribution in [1.82, 2.24) is 19.8 Å². The van der Waals surface area contributed by atoms with Crippen LogP contribution >= 0.6 is 0 Å². The Morgan fingerprint density at radius 3 is 2.65 bits per heavy atom. The average molecular weight is 459 g/mol. The SMILES string of the molecule is CN(C)C/C=C/C(=O)N(C)c1ccc(C(=O)N2CC[C@@H](Nc3ncc4ccccc4n3)C2)cc1. The third-order valence-electron chi connectivity index (χ3n) is 5.86. The Morgan fingerprint density at radius 1 is 1.12 bits per heavy atom. The quantitative estimate of drug-likeness (QED) is 0.548. The van der Waals surface area contributed by atoms with Crippen LogP contribution in [0.4, 0.5) is 11.6 Å². The zero-order chi connectivity index (χ0) is 24.1. The Bertz CT molecular complexity index is 1190. The number of fused-ring (bicyclic) bond motifs is 1. The van der Waals surface area contributed by atoms with Crippen LogP contribution in [0.15, 0.2) is 66.9 Å². The fourth-order valence-electron chi connectivity index (χ4n) is 3.90. The van der Waals surface area contributed by atoms with Gasteiger partial charge in [0.05, 0.1) is 5.52 Å². The van der Waals surface area contributed by atoms with Gasteiger partial charge in [0.25, 0.3) is 5.91 Å². The number of likely N-dealkylation sites (N-methyl/N-ethyl adjacent to an activating group) is 2. The largest absolute Gasteiger partial charge is 0.350 e. The summed E-state index contributed by atoms with van der Waals surface area (Å²) in [5, 5.41) is 4.36. The van der Waals surface area contributed by atoms with Crippen molar-refractivity contribution in [2.75, 3.05) is 51.0 Å². The topological polar surface area (TPSA) is 81.7 Å². The maximum Gasteiger partial charge on any atom is 0.253 e. The maximum absolute atomic E-state index is 13.0. The molecule has 1 N–H and O–H groups in total. The molecular weight excluding hydrogens is 428 g/mol. The summed E-state index contributed by atoms with van der Waals surface area (Å²) in [7, 11) is 5.62. The fourth-order valence-corrected chi connectivity index (χ4v) is 3.90. The zero-order valence-corrected chi connectivity index (χ0v) is 19.8. The summed E-state index contributed by atoms with van der Waals surface area (Å²) in [6.07, 6.45) is 6.04. The molecule has 0 unspecified atom stereocenters. The van der Waals surface area contributed by atoms with Crippen molar-refractivity contribution < 1.29 is 9.59 Å². The number of hydrogen-bond donors (Lipinski definition) is 1. The second kappa shape index (κ2) is 10.4. The number of nitrogens with one attached hydrogen (secondary N) is 1. The van der Waals surface area contributed by atoms with E-state index in [4.69, 9.17) is 0 Å². The van der Waals surface area contributed by atoms with Crippen LogP contribution in [-0.2, 0) is 4.79 Å². The van der Waals surface area contributed by atoms with Crippen LogP contribution in [0.2, 0.25) is 0 Å². The maximum atomic E-state index is 13.0. The number of nitrogens with zero attached hydrogens (tertiary/aromatic N) is 5. The first kappa shape index (κ1) is 23.4. The minimum absolute atomic E-state index is 0.0184. The van der Waals surface area contributed by atoms with Gasteiger partial charge < -0.3 is 20.0 Å². The molecule has 8 heteroatoms. The Balaban J connectivity index is 1.34. The second-order valence-electron chi connectivity index (χ2n) is 8.74. The molecule has 4 rings (SSSR count). The molecule has 1 fully saturated rings. The molecule has 2 heterocycles. The van der Waals surface area contributed by atoms with Gasteiger partial charge in [-0.3, -0.25) is 9.59 Å². The van der Waals surface area contributed by atoms with E-state index in [0.29, 0.717) is 31.1 Å². The van der Waals surface area contributed by atoms with Crippen LogP contribution in [0.5, 0.6) is 0 Å². The lowest BCUT2D eigenvalue weighted by Gasteiger charge is -2.19. The van der Waals surface area contributed by atoms with Gasteiger partial charge in [0.2, 0.25) is 11.9 Å². The van der Waals surface area contributed by atoms with Crippen LogP contribution in [0, 0.1) is 0 Å². The summed E-state index contributed by atoms with van der Waals surface area (Å²) in [5.74, 6) is 0.454. The number of hydrogen-bond acceptors (Lipinski definition) is 6. The minimum atomic E-state index is -0.106. The lowest BCUT2D eigenvalue weighted by molar-refractivity contribution is -0.113. The van der Waals surface area contributed by atoms with Crippen LogP contribution in [0.1, 0.15) is 16.8 Å². The van der Waals surface area contributed by atoms with Crippen molar-refractivity contribution in [3.63, 3.8) is 0 Å². The molecule has 0 radical (unpaired) electrons. The number of aromatic nitrogens is 2. The highest BCUT2D eigenvalue weighted by Gasteiger charge is 2.27. The summed E-state index contributed by atoms with van der Waals surface area (Å²) in [6, 6.07) is 15.1. The number of para-hydroxylation sites is 1. The molecule has 0 spiro atoms. The molecule has 34 heavy (non-hydrogen) atoms. The monoisotopic (exact) mass is 458 g/mol. The molecule has 8 nitrogen and oxygen atoms in total. The van der Waals surface area contributed by atoms with Gasteiger partial charge in [0.15, 0.2) is 0 Å². The number of anilines is 2. The molecule has 1 aromatic heterocycles. The van der Waals surface area contributed by atoms with Gasteiger partial charge >= 0.3 is 0 Å². The highest BCUT2D eigenvalue weighted by atomic mass is 16.2. The summed E-state index contributed by atoms with van der Waals surface area (Å²) >= 11 is 0. The van der Waals surface area contributed by atoms with Crippen molar-refractivity contribution in [2.45, 2.75) is 12.5 Å². The summed E-state index contributed by atoms with van der Waals surface area (Å²) in [6.45, 7) is 1.96. The predicted molar refractivity (Wildman–Crippen MR) is 135 cm³/mol. The van der Waals surface area contributed by atoms with E-state index in [2.05, 4.69) is 15.3 Å². The van der Waals surface area contributed by atoms with Gasteiger partial charge in [-0.1, -0.05) is 24.3 Å². The van der Waals surface area contributed by atoms with Crippen molar-refractivity contribution in [3.8, 4) is 0 Å². The molecule has 1 saturated heterocycles. The van der Waals surface area contributed by atoms with Crippen LogP contribution in [0.3, 0.4) is 0 Å².